The second-order valence-corrected chi connectivity index (χ2v) is 7.10. The molecule has 0 radical (unpaired) electrons. The molecule has 2 aromatic rings. The van der Waals surface area contributed by atoms with E-state index < -0.39 is 10.8 Å². The molecule has 0 fully saturated rings. The Labute approximate surface area is 133 Å². The average molecular weight is 318 g/mol. The summed E-state index contributed by atoms with van der Waals surface area (Å²) < 4.78 is 14.2. The lowest BCUT2D eigenvalue weighted by molar-refractivity contribution is 0.365. The van der Waals surface area contributed by atoms with Gasteiger partial charge in [0, 0.05) is 36.1 Å². The predicted molar refractivity (Wildman–Crippen MR) is 87.2 cm³/mol. The normalized spacial score (nSPS) is 18.9. The molecule has 0 aliphatic carbocycles. The van der Waals surface area contributed by atoms with Crippen molar-refractivity contribution in [3.63, 3.8) is 0 Å². The van der Waals surface area contributed by atoms with Crippen LogP contribution in [0.2, 0.25) is 0 Å². The fraction of sp³-hybridized carbons (Fsp3) is 0.500. The van der Waals surface area contributed by atoms with E-state index in [1.54, 1.807) is 0 Å². The van der Waals surface area contributed by atoms with Gasteiger partial charge in [-0.15, -0.1) is 0 Å². The molecule has 0 amide bonds. The quantitative estimate of drug-likeness (QED) is 0.878. The molecule has 0 bridgehead atoms. The summed E-state index contributed by atoms with van der Waals surface area (Å²) in [5, 5.41) is 8.02. The summed E-state index contributed by atoms with van der Waals surface area (Å²) in [6.07, 6.45) is 2.92. The molecule has 6 heteroatoms. The SMILES string of the molecule is CCc1nc2n(n1)C[C@H](NCC[S@@](=O)c1ccccc1)CC2. The van der Waals surface area contributed by atoms with E-state index in [2.05, 4.69) is 22.3 Å². The molecule has 1 aromatic carbocycles. The fourth-order valence-corrected chi connectivity index (χ4v) is 3.72. The van der Waals surface area contributed by atoms with Crippen molar-refractivity contribution in [3.05, 3.63) is 42.0 Å². The van der Waals surface area contributed by atoms with Crippen molar-refractivity contribution in [2.45, 2.75) is 43.7 Å². The smallest absolute Gasteiger partial charge is 0.150 e. The maximum absolute atomic E-state index is 12.2. The van der Waals surface area contributed by atoms with Gasteiger partial charge in [0.25, 0.3) is 0 Å². The maximum atomic E-state index is 12.2. The van der Waals surface area contributed by atoms with Crippen LogP contribution in [0, 0.1) is 0 Å². The standard InChI is InChI=1S/C16H22N4OS/c1-2-15-18-16-9-8-13(12-20(16)19-15)17-10-11-22(21)14-6-4-3-5-7-14/h3-7,13,17H,2,8-12H2,1H3/t13-,22-/m1/s1. The van der Waals surface area contributed by atoms with E-state index in [4.69, 9.17) is 0 Å². The molecule has 1 aliphatic heterocycles. The van der Waals surface area contributed by atoms with Crippen LogP contribution in [0.25, 0.3) is 0 Å². The maximum Gasteiger partial charge on any atom is 0.150 e. The second kappa shape index (κ2) is 7.15. The summed E-state index contributed by atoms with van der Waals surface area (Å²) in [6.45, 7) is 3.70. The van der Waals surface area contributed by atoms with Crippen LogP contribution in [0.1, 0.15) is 25.0 Å². The van der Waals surface area contributed by atoms with Gasteiger partial charge in [-0.3, -0.25) is 4.21 Å². The molecule has 0 saturated heterocycles. The zero-order chi connectivity index (χ0) is 15.4. The van der Waals surface area contributed by atoms with Gasteiger partial charge in [0.1, 0.15) is 5.82 Å². The minimum atomic E-state index is -0.927. The van der Waals surface area contributed by atoms with Crippen molar-refractivity contribution in [2.75, 3.05) is 12.3 Å². The first kappa shape index (κ1) is 15.4. The van der Waals surface area contributed by atoms with Crippen molar-refractivity contribution >= 4 is 10.8 Å². The van der Waals surface area contributed by atoms with E-state index in [0.29, 0.717) is 11.8 Å². The number of fused-ring (bicyclic) bond motifs is 1. The van der Waals surface area contributed by atoms with Gasteiger partial charge in [-0.1, -0.05) is 25.1 Å². The Hall–Kier alpha value is -1.53. The van der Waals surface area contributed by atoms with E-state index in [-0.39, 0.29) is 0 Å². The minimum Gasteiger partial charge on any atom is -0.311 e. The Bertz CT molecular complexity index is 641. The van der Waals surface area contributed by atoms with Crippen molar-refractivity contribution < 1.29 is 4.21 Å². The molecule has 5 nitrogen and oxygen atoms in total. The van der Waals surface area contributed by atoms with Crippen molar-refractivity contribution in [1.29, 1.82) is 0 Å². The molecule has 22 heavy (non-hydrogen) atoms. The second-order valence-electron chi connectivity index (χ2n) is 5.53. The highest BCUT2D eigenvalue weighted by Gasteiger charge is 2.20. The highest BCUT2D eigenvalue weighted by Crippen LogP contribution is 2.13. The van der Waals surface area contributed by atoms with Crippen molar-refractivity contribution in [2.24, 2.45) is 0 Å². The van der Waals surface area contributed by atoms with Crippen LogP contribution in [0.3, 0.4) is 0 Å². The van der Waals surface area contributed by atoms with Gasteiger partial charge in [-0.25, -0.2) is 9.67 Å². The topological polar surface area (TPSA) is 59.8 Å². The van der Waals surface area contributed by atoms with Gasteiger partial charge in [0.2, 0.25) is 0 Å². The van der Waals surface area contributed by atoms with Crippen LogP contribution < -0.4 is 5.32 Å². The summed E-state index contributed by atoms with van der Waals surface area (Å²) in [5.74, 6) is 2.67. The summed E-state index contributed by atoms with van der Waals surface area (Å²) in [4.78, 5) is 5.43. The molecule has 1 N–H and O–H groups in total. The number of nitrogens with one attached hydrogen (secondary N) is 1. The lowest BCUT2D eigenvalue weighted by atomic mass is 10.1. The molecule has 3 rings (SSSR count). The number of hydrogen-bond acceptors (Lipinski definition) is 4. The zero-order valence-electron chi connectivity index (χ0n) is 12.9. The number of hydrogen-bond donors (Lipinski definition) is 1. The van der Waals surface area contributed by atoms with E-state index in [1.165, 1.54) is 0 Å². The van der Waals surface area contributed by atoms with Gasteiger partial charge >= 0.3 is 0 Å². The Morgan fingerprint density at radius 2 is 2.18 bits per heavy atom. The molecular formula is C16H22N4OS. The summed E-state index contributed by atoms with van der Waals surface area (Å²) in [5.41, 5.74) is 0. The molecular weight excluding hydrogens is 296 g/mol. The first-order valence-electron chi connectivity index (χ1n) is 7.85. The molecule has 0 unspecified atom stereocenters. The molecule has 118 valence electrons. The Kier molecular flexibility index (Phi) is 5.00. The van der Waals surface area contributed by atoms with Gasteiger partial charge < -0.3 is 5.32 Å². The Morgan fingerprint density at radius 3 is 2.95 bits per heavy atom. The van der Waals surface area contributed by atoms with Crippen molar-refractivity contribution in [3.8, 4) is 0 Å². The van der Waals surface area contributed by atoms with E-state index in [1.807, 2.05) is 35.0 Å². The van der Waals surface area contributed by atoms with Crippen LogP contribution in [-0.4, -0.2) is 37.3 Å². The van der Waals surface area contributed by atoms with E-state index >= 15 is 0 Å². The highest BCUT2D eigenvalue weighted by atomic mass is 32.2. The molecule has 1 aliphatic rings. The molecule has 2 heterocycles. The summed E-state index contributed by atoms with van der Waals surface area (Å²) in [7, 11) is -0.927. The molecule has 0 saturated carbocycles. The van der Waals surface area contributed by atoms with Gasteiger partial charge in [-0.2, -0.15) is 5.10 Å². The molecule has 0 spiro atoms. The highest BCUT2D eigenvalue weighted by molar-refractivity contribution is 7.85. The third-order valence-corrected chi connectivity index (χ3v) is 5.32. The van der Waals surface area contributed by atoms with Crippen molar-refractivity contribution in [1.82, 2.24) is 20.1 Å². The monoisotopic (exact) mass is 318 g/mol. The van der Waals surface area contributed by atoms with Gasteiger partial charge in [-0.05, 0) is 18.6 Å². The van der Waals surface area contributed by atoms with Gasteiger partial charge in [0.15, 0.2) is 5.82 Å². The summed E-state index contributed by atoms with van der Waals surface area (Å²) in [6, 6.07) is 10.0. The van der Waals surface area contributed by atoms with Crippen LogP contribution in [-0.2, 0) is 30.2 Å². The third kappa shape index (κ3) is 3.62. The Balaban J connectivity index is 1.48. The number of aryl methyl sites for hydroxylation is 2. The number of aromatic nitrogens is 3. The van der Waals surface area contributed by atoms with Crippen LogP contribution in [0.15, 0.2) is 35.2 Å². The predicted octanol–water partition coefficient (Wildman–Crippen LogP) is 1.55. The molecule has 1 aromatic heterocycles. The lowest BCUT2D eigenvalue weighted by Crippen LogP contribution is -2.39. The van der Waals surface area contributed by atoms with E-state index in [9.17, 15) is 4.21 Å². The molecule has 2 atom stereocenters. The Morgan fingerprint density at radius 1 is 1.36 bits per heavy atom. The number of benzene rings is 1. The van der Waals surface area contributed by atoms with Crippen LogP contribution in [0.4, 0.5) is 0 Å². The number of rotatable bonds is 6. The third-order valence-electron chi connectivity index (χ3n) is 3.94. The fourth-order valence-electron chi connectivity index (χ4n) is 2.72. The number of nitrogens with zero attached hydrogens (tertiary/aromatic N) is 3. The average Bonchev–Trinajstić information content (AvgIpc) is 2.98. The zero-order valence-corrected chi connectivity index (χ0v) is 13.7. The van der Waals surface area contributed by atoms with Crippen LogP contribution in [0.5, 0.6) is 0 Å². The summed E-state index contributed by atoms with van der Waals surface area (Å²) >= 11 is 0. The largest absolute Gasteiger partial charge is 0.311 e. The first-order valence-corrected chi connectivity index (χ1v) is 9.17. The first-order chi connectivity index (χ1) is 10.8. The van der Waals surface area contributed by atoms with Gasteiger partial charge in [0.05, 0.1) is 17.3 Å². The van der Waals surface area contributed by atoms with E-state index in [0.717, 1.165) is 48.9 Å². The van der Waals surface area contributed by atoms with Crippen LogP contribution >= 0.6 is 0 Å². The minimum absolute atomic E-state index is 0.395. The lowest BCUT2D eigenvalue weighted by Gasteiger charge is -2.23.